The molecule has 0 radical (unpaired) electrons. The molecular formula is C12H18F3N3. The van der Waals surface area contributed by atoms with Crippen molar-refractivity contribution in [2.24, 2.45) is 5.92 Å². The minimum Gasteiger partial charge on any atom is -0.315 e. The third-order valence-electron chi connectivity index (χ3n) is 3.72. The topological polar surface area (TPSA) is 29.9 Å². The van der Waals surface area contributed by atoms with E-state index in [4.69, 9.17) is 0 Å². The van der Waals surface area contributed by atoms with E-state index in [1.807, 2.05) is 7.05 Å². The fraction of sp³-hybridized carbons (Fsp3) is 0.750. The van der Waals surface area contributed by atoms with E-state index in [0.717, 1.165) is 31.7 Å². The van der Waals surface area contributed by atoms with Gasteiger partial charge in [0.2, 0.25) is 0 Å². The third kappa shape index (κ3) is 2.68. The Hall–Kier alpha value is -1.04. The highest BCUT2D eigenvalue weighted by Gasteiger charge is 2.35. The van der Waals surface area contributed by atoms with Crippen molar-refractivity contribution >= 4 is 0 Å². The molecule has 0 aliphatic heterocycles. The van der Waals surface area contributed by atoms with Gasteiger partial charge in [0.15, 0.2) is 0 Å². The predicted octanol–water partition coefficient (Wildman–Crippen LogP) is 2.85. The molecule has 0 saturated heterocycles. The lowest BCUT2D eigenvalue weighted by molar-refractivity contribution is -0.137. The second-order valence-electron chi connectivity index (χ2n) is 5.09. The number of aromatic nitrogens is 2. The summed E-state index contributed by atoms with van der Waals surface area (Å²) in [6.07, 6.45) is 0.663. The van der Waals surface area contributed by atoms with Crippen LogP contribution in [0.5, 0.6) is 0 Å². The van der Waals surface area contributed by atoms with Gasteiger partial charge in [-0.2, -0.15) is 18.3 Å². The molecule has 0 aromatic carbocycles. The molecule has 102 valence electrons. The van der Waals surface area contributed by atoms with Crippen LogP contribution < -0.4 is 5.32 Å². The Labute approximate surface area is 104 Å². The van der Waals surface area contributed by atoms with Crippen molar-refractivity contribution in [3.8, 4) is 0 Å². The Kier molecular flexibility index (Phi) is 3.66. The zero-order valence-electron chi connectivity index (χ0n) is 10.5. The van der Waals surface area contributed by atoms with Gasteiger partial charge in [-0.1, -0.05) is 6.92 Å². The summed E-state index contributed by atoms with van der Waals surface area (Å²) < 4.78 is 39.1. The molecule has 1 aromatic heterocycles. The van der Waals surface area contributed by atoms with E-state index < -0.39 is 11.7 Å². The van der Waals surface area contributed by atoms with Gasteiger partial charge in [0, 0.05) is 12.2 Å². The summed E-state index contributed by atoms with van der Waals surface area (Å²) in [6, 6.07) is 0.206. The van der Waals surface area contributed by atoms with Crippen molar-refractivity contribution in [3.05, 3.63) is 18.0 Å². The molecule has 18 heavy (non-hydrogen) atoms. The largest absolute Gasteiger partial charge is 0.419 e. The summed E-state index contributed by atoms with van der Waals surface area (Å²) in [7, 11) is 1.85. The molecule has 1 saturated carbocycles. The van der Waals surface area contributed by atoms with Crippen LogP contribution in [0.4, 0.5) is 13.2 Å². The number of likely N-dealkylation sites (N-methyl/N-ethyl adjacent to an activating group) is 1. The molecule has 0 amide bonds. The van der Waals surface area contributed by atoms with Gasteiger partial charge in [0.25, 0.3) is 0 Å². The smallest absolute Gasteiger partial charge is 0.315 e. The number of hydrogen-bond acceptors (Lipinski definition) is 2. The van der Waals surface area contributed by atoms with Crippen molar-refractivity contribution in [2.45, 2.75) is 44.4 Å². The summed E-state index contributed by atoms with van der Waals surface area (Å²) in [5.41, 5.74) is -0.671. The second-order valence-corrected chi connectivity index (χ2v) is 5.09. The fourth-order valence-electron chi connectivity index (χ4n) is 2.65. The summed E-state index contributed by atoms with van der Waals surface area (Å²) in [6.45, 7) is 2.13. The maximum atomic E-state index is 12.6. The standard InChI is InChI=1S/C12H18F3N3/c1-8-3-4-10(16-2)11(5-8)18-7-9(6-17-18)12(13,14)15/h6-8,10-11,16H,3-5H2,1-2H3. The molecule has 1 heterocycles. The minimum absolute atomic E-state index is 0.00912. The summed E-state index contributed by atoms with van der Waals surface area (Å²) >= 11 is 0. The molecule has 1 aliphatic carbocycles. The highest BCUT2D eigenvalue weighted by molar-refractivity contribution is 5.09. The third-order valence-corrected chi connectivity index (χ3v) is 3.72. The van der Waals surface area contributed by atoms with Gasteiger partial charge in [-0.15, -0.1) is 0 Å². The number of rotatable bonds is 2. The maximum Gasteiger partial charge on any atom is 0.419 e. The first-order valence-corrected chi connectivity index (χ1v) is 6.20. The lowest BCUT2D eigenvalue weighted by Gasteiger charge is -2.34. The van der Waals surface area contributed by atoms with Crippen LogP contribution in [0.2, 0.25) is 0 Å². The molecule has 1 fully saturated rings. The Morgan fingerprint density at radius 3 is 2.67 bits per heavy atom. The van der Waals surface area contributed by atoms with Gasteiger partial charge in [-0.25, -0.2) is 0 Å². The van der Waals surface area contributed by atoms with E-state index >= 15 is 0 Å². The molecule has 3 unspecified atom stereocenters. The van der Waals surface area contributed by atoms with Crippen LogP contribution in [0.3, 0.4) is 0 Å². The molecule has 0 bridgehead atoms. The molecule has 1 N–H and O–H groups in total. The SMILES string of the molecule is CNC1CCC(C)CC1n1cc(C(F)(F)F)cn1. The van der Waals surface area contributed by atoms with E-state index in [1.165, 1.54) is 4.68 Å². The quantitative estimate of drug-likeness (QED) is 0.887. The number of nitrogens with one attached hydrogen (secondary N) is 1. The molecule has 1 aliphatic rings. The highest BCUT2D eigenvalue weighted by atomic mass is 19.4. The molecule has 1 aromatic rings. The van der Waals surface area contributed by atoms with Crippen LogP contribution in [0.25, 0.3) is 0 Å². The first-order valence-electron chi connectivity index (χ1n) is 6.20. The van der Waals surface area contributed by atoms with Crippen LogP contribution in [0, 0.1) is 5.92 Å². The molecule has 0 spiro atoms. The monoisotopic (exact) mass is 261 g/mol. The number of halogens is 3. The minimum atomic E-state index is -4.31. The Morgan fingerprint density at radius 2 is 2.11 bits per heavy atom. The van der Waals surface area contributed by atoms with Gasteiger partial charge >= 0.3 is 6.18 Å². The van der Waals surface area contributed by atoms with Crippen molar-refractivity contribution in [1.82, 2.24) is 15.1 Å². The normalized spacial score (nSPS) is 29.5. The van der Waals surface area contributed by atoms with Gasteiger partial charge in [0.1, 0.15) is 0 Å². The van der Waals surface area contributed by atoms with E-state index in [-0.39, 0.29) is 12.1 Å². The average molecular weight is 261 g/mol. The lowest BCUT2D eigenvalue weighted by atomic mass is 9.83. The Bertz CT molecular complexity index is 400. The van der Waals surface area contributed by atoms with Gasteiger partial charge < -0.3 is 5.32 Å². The Morgan fingerprint density at radius 1 is 1.39 bits per heavy atom. The van der Waals surface area contributed by atoms with E-state index in [0.29, 0.717) is 5.92 Å². The molecule has 3 nitrogen and oxygen atoms in total. The Balaban J connectivity index is 2.20. The van der Waals surface area contributed by atoms with Crippen LogP contribution in [0.15, 0.2) is 12.4 Å². The first-order chi connectivity index (χ1) is 8.41. The zero-order chi connectivity index (χ0) is 13.3. The van der Waals surface area contributed by atoms with Crippen molar-refractivity contribution < 1.29 is 13.2 Å². The van der Waals surface area contributed by atoms with E-state index in [2.05, 4.69) is 17.3 Å². The molecule has 6 heteroatoms. The molecular weight excluding hydrogens is 243 g/mol. The van der Waals surface area contributed by atoms with Crippen LogP contribution >= 0.6 is 0 Å². The lowest BCUT2D eigenvalue weighted by Crippen LogP contribution is -2.39. The number of nitrogens with zero attached hydrogens (tertiary/aromatic N) is 2. The highest BCUT2D eigenvalue weighted by Crippen LogP contribution is 2.34. The van der Waals surface area contributed by atoms with Gasteiger partial charge in [-0.3, -0.25) is 4.68 Å². The summed E-state index contributed by atoms with van der Waals surface area (Å²) in [5, 5.41) is 7.07. The van der Waals surface area contributed by atoms with Crippen LogP contribution in [-0.2, 0) is 6.18 Å². The predicted molar refractivity (Wildman–Crippen MR) is 62.1 cm³/mol. The van der Waals surface area contributed by atoms with E-state index in [9.17, 15) is 13.2 Å². The number of hydrogen-bond donors (Lipinski definition) is 1. The molecule has 3 atom stereocenters. The van der Waals surface area contributed by atoms with E-state index in [1.54, 1.807) is 0 Å². The average Bonchev–Trinajstić information content (AvgIpc) is 2.77. The first kappa shape index (κ1) is 13.4. The number of alkyl halides is 3. The van der Waals surface area contributed by atoms with Crippen molar-refractivity contribution in [3.63, 3.8) is 0 Å². The van der Waals surface area contributed by atoms with Crippen molar-refractivity contribution in [1.29, 1.82) is 0 Å². The second kappa shape index (κ2) is 4.91. The summed E-state index contributed by atoms with van der Waals surface area (Å²) in [4.78, 5) is 0. The molecule has 2 rings (SSSR count). The van der Waals surface area contributed by atoms with Crippen LogP contribution in [0.1, 0.15) is 37.8 Å². The van der Waals surface area contributed by atoms with Gasteiger partial charge in [-0.05, 0) is 32.2 Å². The van der Waals surface area contributed by atoms with Gasteiger partial charge in [0.05, 0.1) is 17.8 Å². The fourth-order valence-corrected chi connectivity index (χ4v) is 2.65. The summed E-state index contributed by atoms with van der Waals surface area (Å²) in [5.74, 6) is 0.526. The zero-order valence-corrected chi connectivity index (χ0v) is 10.5. The van der Waals surface area contributed by atoms with Crippen molar-refractivity contribution in [2.75, 3.05) is 7.05 Å². The maximum absolute atomic E-state index is 12.6. The van der Waals surface area contributed by atoms with Crippen LogP contribution in [-0.4, -0.2) is 22.9 Å².